The number of methoxy groups -OCH3 is 1. The summed E-state index contributed by atoms with van der Waals surface area (Å²) in [5, 5.41) is 13.3. The fraction of sp³-hybridized carbons (Fsp3) is 0.440. The number of hydrogen-bond donors (Lipinski definition) is 2. The summed E-state index contributed by atoms with van der Waals surface area (Å²) in [4.78, 5) is 27.5. The number of nitrogens with zero attached hydrogens (tertiary/aromatic N) is 1. The Morgan fingerprint density at radius 3 is 2.52 bits per heavy atom. The van der Waals surface area contributed by atoms with E-state index >= 15 is 0 Å². The highest BCUT2D eigenvalue weighted by Gasteiger charge is 2.50. The second-order valence-corrected chi connectivity index (χ2v) is 8.47. The minimum atomic E-state index is -0.901. The third-order valence-electron chi connectivity index (χ3n) is 6.53. The van der Waals surface area contributed by atoms with Crippen LogP contribution in [0.4, 0.5) is 0 Å². The third-order valence-corrected chi connectivity index (χ3v) is 6.53. The Bertz CT molecular complexity index is 1010. The molecule has 4 rings (SSSR count). The zero-order valence-corrected chi connectivity index (χ0v) is 19.1. The van der Waals surface area contributed by atoms with Gasteiger partial charge in [0.25, 0.3) is 0 Å². The van der Waals surface area contributed by atoms with Gasteiger partial charge in [0.05, 0.1) is 19.1 Å². The highest BCUT2D eigenvalue weighted by Crippen LogP contribution is 2.48. The average Bonchev–Trinajstić information content (AvgIpc) is 3.46. The number of hydrogen-bond acceptors (Lipinski definition) is 6. The Hall–Kier alpha value is -3.26. The molecule has 0 spiro atoms. The first-order chi connectivity index (χ1) is 15.9. The van der Waals surface area contributed by atoms with Crippen molar-refractivity contribution in [2.45, 2.75) is 38.3 Å². The van der Waals surface area contributed by atoms with Crippen LogP contribution in [0.5, 0.6) is 17.2 Å². The summed E-state index contributed by atoms with van der Waals surface area (Å²) in [5.74, 6) is -0.127. The first-order valence-corrected chi connectivity index (χ1v) is 11.2. The fourth-order valence-electron chi connectivity index (χ4n) is 4.79. The van der Waals surface area contributed by atoms with Crippen LogP contribution in [0.25, 0.3) is 0 Å². The van der Waals surface area contributed by atoms with Gasteiger partial charge in [0, 0.05) is 25.0 Å². The van der Waals surface area contributed by atoms with E-state index in [4.69, 9.17) is 14.2 Å². The molecule has 33 heavy (non-hydrogen) atoms. The molecule has 0 aromatic heterocycles. The summed E-state index contributed by atoms with van der Waals surface area (Å²) in [5.41, 5.74) is 1.69. The minimum absolute atomic E-state index is 0.109. The van der Waals surface area contributed by atoms with Gasteiger partial charge in [0.15, 0.2) is 11.5 Å². The second-order valence-electron chi connectivity index (χ2n) is 8.47. The molecule has 2 aromatic carbocycles. The van der Waals surface area contributed by atoms with Gasteiger partial charge in [-0.25, -0.2) is 0 Å². The molecule has 0 radical (unpaired) electrons. The molecule has 0 aliphatic carbocycles. The van der Waals surface area contributed by atoms with Crippen molar-refractivity contribution in [3.63, 3.8) is 0 Å². The molecule has 8 heteroatoms. The molecule has 1 fully saturated rings. The molecule has 2 aromatic rings. The molecule has 8 nitrogen and oxygen atoms in total. The first kappa shape index (κ1) is 22.9. The van der Waals surface area contributed by atoms with Gasteiger partial charge in [-0.1, -0.05) is 25.1 Å². The maximum Gasteiger partial charge on any atom is 0.309 e. The summed E-state index contributed by atoms with van der Waals surface area (Å²) in [6.07, 6.45) is 0.830. The smallest absolute Gasteiger partial charge is 0.309 e. The lowest BCUT2D eigenvalue weighted by Gasteiger charge is -2.31. The van der Waals surface area contributed by atoms with Gasteiger partial charge in [0.1, 0.15) is 5.75 Å². The Labute approximate surface area is 193 Å². The number of aliphatic carboxylic acids is 1. The van der Waals surface area contributed by atoms with Crippen LogP contribution in [0.1, 0.15) is 43.4 Å². The zero-order chi connectivity index (χ0) is 23.5. The number of ether oxygens (including phenoxy) is 3. The van der Waals surface area contributed by atoms with Gasteiger partial charge < -0.3 is 24.6 Å². The van der Waals surface area contributed by atoms with Crippen molar-refractivity contribution >= 4 is 11.9 Å². The highest BCUT2D eigenvalue weighted by molar-refractivity contribution is 5.82. The number of carboxylic acid groups (broad SMARTS) is 1. The van der Waals surface area contributed by atoms with Crippen LogP contribution in [0.2, 0.25) is 0 Å². The number of fused-ring (bicyclic) bond motifs is 1. The van der Waals surface area contributed by atoms with Gasteiger partial charge in [-0.15, -0.1) is 0 Å². The van der Waals surface area contributed by atoms with E-state index in [9.17, 15) is 14.7 Å². The Morgan fingerprint density at radius 2 is 1.85 bits per heavy atom. The summed E-state index contributed by atoms with van der Waals surface area (Å²) < 4.78 is 16.2. The van der Waals surface area contributed by atoms with Crippen molar-refractivity contribution in [1.29, 1.82) is 0 Å². The number of benzene rings is 2. The van der Waals surface area contributed by atoms with Crippen LogP contribution in [0.3, 0.4) is 0 Å². The second kappa shape index (κ2) is 9.70. The molecule has 4 unspecified atom stereocenters. The fourth-order valence-corrected chi connectivity index (χ4v) is 4.79. The summed E-state index contributed by atoms with van der Waals surface area (Å²) in [7, 11) is 1.60. The molecule has 1 amide bonds. The molecule has 2 aliphatic heterocycles. The Balaban J connectivity index is 1.74. The zero-order valence-electron chi connectivity index (χ0n) is 19.1. The first-order valence-electron chi connectivity index (χ1n) is 11.2. The largest absolute Gasteiger partial charge is 0.497 e. The van der Waals surface area contributed by atoms with E-state index in [1.165, 1.54) is 0 Å². The summed E-state index contributed by atoms with van der Waals surface area (Å²) in [6, 6.07) is 12.0. The average molecular weight is 455 g/mol. The summed E-state index contributed by atoms with van der Waals surface area (Å²) >= 11 is 0. The lowest BCUT2D eigenvalue weighted by molar-refractivity contribution is -0.143. The third kappa shape index (κ3) is 4.48. The predicted molar refractivity (Wildman–Crippen MR) is 122 cm³/mol. The van der Waals surface area contributed by atoms with Gasteiger partial charge >= 0.3 is 5.97 Å². The molecular formula is C25H30N2O6. The van der Waals surface area contributed by atoms with E-state index in [0.717, 1.165) is 17.5 Å². The van der Waals surface area contributed by atoms with Crippen molar-refractivity contribution in [3.8, 4) is 17.2 Å². The van der Waals surface area contributed by atoms with Crippen LogP contribution in [0, 0.1) is 5.92 Å². The quantitative estimate of drug-likeness (QED) is 0.632. The highest BCUT2D eigenvalue weighted by atomic mass is 16.7. The predicted octanol–water partition coefficient (Wildman–Crippen LogP) is 3.18. The Kier molecular flexibility index (Phi) is 6.74. The number of carboxylic acids is 1. The number of nitrogens with one attached hydrogen (secondary N) is 1. The molecule has 1 saturated heterocycles. The van der Waals surface area contributed by atoms with Crippen molar-refractivity contribution in [2.24, 2.45) is 5.92 Å². The van der Waals surface area contributed by atoms with E-state index in [1.807, 2.05) is 55.1 Å². The molecule has 0 saturated carbocycles. The number of likely N-dealkylation sites (tertiary alicyclic amines) is 1. The van der Waals surface area contributed by atoms with Crippen molar-refractivity contribution in [3.05, 3.63) is 53.6 Å². The lowest BCUT2D eigenvalue weighted by Crippen LogP contribution is -2.45. The molecular weight excluding hydrogens is 424 g/mol. The van der Waals surface area contributed by atoms with E-state index in [-0.39, 0.29) is 18.6 Å². The molecule has 4 atom stereocenters. The van der Waals surface area contributed by atoms with Gasteiger partial charge in [-0.2, -0.15) is 0 Å². The molecule has 2 heterocycles. The van der Waals surface area contributed by atoms with E-state index < -0.39 is 24.0 Å². The van der Waals surface area contributed by atoms with Gasteiger partial charge in [0.2, 0.25) is 12.7 Å². The van der Waals surface area contributed by atoms with Crippen LogP contribution >= 0.6 is 0 Å². The van der Waals surface area contributed by atoms with Crippen LogP contribution in [-0.4, -0.2) is 54.9 Å². The maximum atomic E-state index is 12.9. The Morgan fingerprint density at radius 1 is 1.15 bits per heavy atom. The van der Waals surface area contributed by atoms with E-state index in [2.05, 4.69) is 5.32 Å². The maximum absolute atomic E-state index is 12.9. The molecule has 2 N–H and O–H groups in total. The number of carbonyl (C=O) groups is 2. The molecule has 176 valence electrons. The SMILES string of the molecule is CCCNC(=O)C(C)N1CC(c2ccc(OC)cc2)C(C(=O)O)C1c1ccc2c(c1)OCO2. The minimum Gasteiger partial charge on any atom is -0.497 e. The van der Waals surface area contributed by atoms with Crippen molar-refractivity contribution in [2.75, 3.05) is 27.0 Å². The topological polar surface area (TPSA) is 97.3 Å². The van der Waals surface area contributed by atoms with Crippen LogP contribution < -0.4 is 19.5 Å². The van der Waals surface area contributed by atoms with E-state index in [1.54, 1.807) is 13.2 Å². The van der Waals surface area contributed by atoms with Gasteiger partial charge in [-0.05, 0) is 48.7 Å². The van der Waals surface area contributed by atoms with Crippen molar-refractivity contribution < 1.29 is 28.9 Å². The van der Waals surface area contributed by atoms with Crippen molar-refractivity contribution in [1.82, 2.24) is 10.2 Å². The standard InChI is InChI=1S/C25H30N2O6/c1-4-11-26-24(28)15(2)27-13-19(16-5-8-18(31-3)9-6-16)22(25(29)30)23(27)17-7-10-20-21(12-17)33-14-32-20/h5-10,12,15,19,22-23H,4,11,13-14H2,1-3H3,(H,26,28)(H,29,30). The number of amides is 1. The lowest BCUT2D eigenvalue weighted by atomic mass is 9.82. The summed E-state index contributed by atoms with van der Waals surface area (Å²) in [6.45, 7) is 4.98. The van der Waals surface area contributed by atoms with Crippen LogP contribution in [-0.2, 0) is 9.59 Å². The van der Waals surface area contributed by atoms with E-state index in [0.29, 0.717) is 30.3 Å². The van der Waals surface area contributed by atoms with Crippen LogP contribution in [0.15, 0.2) is 42.5 Å². The number of carbonyl (C=O) groups excluding carboxylic acids is 1. The monoisotopic (exact) mass is 454 g/mol. The normalized spacial score (nSPS) is 22.7. The molecule has 0 bridgehead atoms. The van der Waals surface area contributed by atoms with Gasteiger partial charge in [-0.3, -0.25) is 14.5 Å². The molecule has 2 aliphatic rings. The number of rotatable bonds is 8.